The van der Waals surface area contributed by atoms with Crippen molar-refractivity contribution in [1.29, 1.82) is 5.26 Å². The molecule has 0 unspecified atom stereocenters. The summed E-state index contributed by atoms with van der Waals surface area (Å²) in [5.41, 5.74) is -0.887. The molecule has 0 fully saturated rings. The maximum atomic E-state index is 12.7. The van der Waals surface area contributed by atoms with E-state index in [0.29, 0.717) is 0 Å². The largest absolute Gasteiger partial charge is 0.267 e. The van der Waals surface area contributed by atoms with Crippen molar-refractivity contribution in [2.75, 3.05) is 0 Å². The van der Waals surface area contributed by atoms with Gasteiger partial charge in [-0.3, -0.25) is 4.98 Å². The van der Waals surface area contributed by atoms with Crippen LogP contribution in [0.4, 0.5) is 13.2 Å². The molecule has 14 heavy (non-hydrogen) atoms. The van der Waals surface area contributed by atoms with Gasteiger partial charge in [-0.15, -0.1) is 0 Å². The van der Waals surface area contributed by atoms with Crippen LogP contribution in [0, 0.1) is 17.1 Å². The van der Waals surface area contributed by atoms with Gasteiger partial charge >= 0.3 is 0 Å². The molecule has 0 N–H and O–H groups in total. The molecule has 1 rings (SSSR count). The summed E-state index contributed by atoms with van der Waals surface area (Å²) in [5, 5.41) is 7.65. The van der Waals surface area contributed by atoms with E-state index in [2.05, 4.69) is 4.98 Å². The molecule has 0 atom stereocenters. The molecule has 0 radical (unpaired) electrons. The van der Waals surface area contributed by atoms with Crippen LogP contribution in [0.25, 0.3) is 0 Å². The maximum Gasteiger partial charge on any atom is 0.267 e. The molecule has 0 amide bonds. The number of halogens is 4. The Labute approximate surface area is 82.9 Å². The molecular formula is C8H4ClF3N2. The minimum Gasteiger partial charge on any atom is -0.257 e. The summed E-state index contributed by atoms with van der Waals surface area (Å²) in [5.74, 6) is -1.01. The first kappa shape index (κ1) is 10.8. The Morgan fingerprint density at radius 1 is 1.57 bits per heavy atom. The van der Waals surface area contributed by atoms with Gasteiger partial charge in [0.2, 0.25) is 0 Å². The fourth-order valence-corrected chi connectivity index (χ4v) is 1.19. The molecule has 0 aliphatic rings. The highest BCUT2D eigenvalue weighted by Gasteiger charge is 2.20. The van der Waals surface area contributed by atoms with E-state index in [9.17, 15) is 13.2 Å². The first-order valence-electron chi connectivity index (χ1n) is 3.55. The molecule has 0 saturated heterocycles. The van der Waals surface area contributed by atoms with Crippen LogP contribution in [0.2, 0.25) is 5.02 Å². The Hall–Kier alpha value is -1.28. The lowest BCUT2D eigenvalue weighted by Crippen LogP contribution is -2.00. The number of nitriles is 1. The third-order valence-electron chi connectivity index (χ3n) is 1.56. The molecule has 0 aliphatic carbocycles. The molecule has 2 nitrogen and oxygen atoms in total. The van der Waals surface area contributed by atoms with Crippen molar-refractivity contribution in [1.82, 2.24) is 4.98 Å². The molecular weight excluding hydrogens is 217 g/mol. The molecule has 74 valence electrons. The summed E-state index contributed by atoms with van der Waals surface area (Å²) in [7, 11) is 0. The number of aromatic nitrogens is 1. The summed E-state index contributed by atoms with van der Waals surface area (Å²) in [6.07, 6.45) is -2.53. The van der Waals surface area contributed by atoms with E-state index >= 15 is 0 Å². The van der Waals surface area contributed by atoms with Crippen LogP contribution in [0.3, 0.4) is 0 Å². The zero-order valence-electron chi connectivity index (χ0n) is 6.77. The van der Waals surface area contributed by atoms with E-state index in [1.54, 1.807) is 6.07 Å². The number of pyridine rings is 1. The highest BCUT2D eigenvalue weighted by Crippen LogP contribution is 2.31. The number of hydrogen-bond donors (Lipinski definition) is 0. The van der Waals surface area contributed by atoms with Gasteiger partial charge in [0.05, 0.1) is 35.0 Å². The zero-order chi connectivity index (χ0) is 10.7. The maximum absolute atomic E-state index is 12.7. The minimum absolute atomic E-state index is 0.186. The fraction of sp³-hybridized carbons (Fsp3) is 0.250. The van der Waals surface area contributed by atoms with Crippen LogP contribution in [-0.2, 0) is 6.42 Å². The number of hydrogen-bond acceptors (Lipinski definition) is 2. The van der Waals surface area contributed by atoms with Gasteiger partial charge in [-0.1, -0.05) is 11.6 Å². The van der Waals surface area contributed by atoms with Crippen LogP contribution < -0.4 is 0 Å². The van der Waals surface area contributed by atoms with Gasteiger partial charge in [0.1, 0.15) is 0 Å². The summed E-state index contributed by atoms with van der Waals surface area (Å²) in [4.78, 5) is 3.39. The van der Waals surface area contributed by atoms with E-state index in [4.69, 9.17) is 16.9 Å². The van der Waals surface area contributed by atoms with Gasteiger partial charge in [-0.2, -0.15) is 5.26 Å². The Morgan fingerprint density at radius 3 is 2.71 bits per heavy atom. The van der Waals surface area contributed by atoms with Gasteiger partial charge in [0.15, 0.2) is 5.82 Å². The summed E-state index contributed by atoms with van der Waals surface area (Å²) >= 11 is 5.32. The lowest BCUT2D eigenvalue weighted by atomic mass is 10.1. The Balaban J connectivity index is 3.31. The van der Waals surface area contributed by atoms with Crippen molar-refractivity contribution in [2.45, 2.75) is 12.8 Å². The van der Waals surface area contributed by atoms with Crippen molar-refractivity contribution in [3.63, 3.8) is 0 Å². The van der Waals surface area contributed by atoms with Crippen molar-refractivity contribution in [2.24, 2.45) is 0 Å². The number of nitrogens with zero attached hydrogens (tertiary/aromatic N) is 2. The van der Waals surface area contributed by atoms with Crippen molar-refractivity contribution >= 4 is 11.6 Å². The van der Waals surface area contributed by atoms with Crippen molar-refractivity contribution in [3.05, 3.63) is 28.3 Å². The van der Waals surface area contributed by atoms with Gasteiger partial charge in [-0.05, 0) is 0 Å². The summed E-state index contributed by atoms with van der Waals surface area (Å²) in [6.45, 7) is 0. The van der Waals surface area contributed by atoms with E-state index in [0.717, 1.165) is 6.20 Å². The average molecular weight is 221 g/mol. The molecule has 0 bridgehead atoms. The molecule has 0 aliphatic heterocycles. The second-order valence-electron chi connectivity index (χ2n) is 2.42. The normalized spacial score (nSPS) is 10.3. The standard InChI is InChI=1S/C8H4ClF3N2/c9-7-4(10)3-14-5(1-2-13)6(7)8(11)12/h3,8H,1H2. The van der Waals surface area contributed by atoms with Crippen molar-refractivity contribution < 1.29 is 13.2 Å². The quantitative estimate of drug-likeness (QED) is 0.768. The second-order valence-corrected chi connectivity index (χ2v) is 2.79. The van der Waals surface area contributed by atoms with E-state index in [-0.39, 0.29) is 12.1 Å². The van der Waals surface area contributed by atoms with Crippen LogP contribution in [0.5, 0.6) is 0 Å². The third-order valence-corrected chi connectivity index (χ3v) is 1.94. The zero-order valence-corrected chi connectivity index (χ0v) is 7.52. The van der Waals surface area contributed by atoms with Crippen LogP contribution in [-0.4, -0.2) is 4.98 Å². The van der Waals surface area contributed by atoms with Gasteiger partial charge in [-0.25, -0.2) is 13.2 Å². The molecule has 6 heteroatoms. The van der Waals surface area contributed by atoms with Crippen molar-refractivity contribution in [3.8, 4) is 6.07 Å². The van der Waals surface area contributed by atoms with E-state index in [1.165, 1.54) is 0 Å². The fourth-order valence-electron chi connectivity index (χ4n) is 0.954. The SMILES string of the molecule is N#CCc1ncc(F)c(Cl)c1C(F)F. The highest BCUT2D eigenvalue weighted by atomic mass is 35.5. The topological polar surface area (TPSA) is 36.7 Å². The van der Waals surface area contributed by atoms with E-state index < -0.39 is 22.8 Å². The Morgan fingerprint density at radius 2 is 2.21 bits per heavy atom. The molecule has 1 heterocycles. The van der Waals surface area contributed by atoms with Gasteiger partial charge in [0.25, 0.3) is 6.43 Å². The predicted octanol–water partition coefficient (Wildman–Crippen LogP) is 2.88. The molecule has 1 aromatic heterocycles. The Bertz CT molecular complexity index is 387. The lowest BCUT2D eigenvalue weighted by Gasteiger charge is -2.07. The van der Waals surface area contributed by atoms with Crippen LogP contribution in [0.1, 0.15) is 17.7 Å². The third kappa shape index (κ3) is 1.96. The highest BCUT2D eigenvalue weighted by molar-refractivity contribution is 6.31. The van der Waals surface area contributed by atoms with Crippen LogP contribution >= 0.6 is 11.6 Å². The minimum atomic E-state index is -2.94. The number of alkyl halides is 2. The lowest BCUT2D eigenvalue weighted by molar-refractivity contribution is 0.149. The second kappa shape index (κ2) is 4.29. The molecule has 0 spiro atoms. The molecule has 1 aromatic rings. The smallest absolute Gasteiger partial charge is 0.257 e. The molecule has 0 aromatic carbocycles. The number of rotatable bonds is 2. The first-order chi connectivity index (χ1) is 6.57. The first-order valence-corrected chi connectivity index (χ1v) is 3.93. The Kier molecular flexibility index (Phi) is 3.31. The van der Waals surface area contributed by atoms with Crippen LogP contribution in [0.15, 0.2) is 6.20 Å². The monoisotopic (exact) mass is 220 g/mol. The van der Waals surface area contributed by atoms with E-state index in [1.807, 2.05) is 0 Å². The summed E-state index contributed by atoms with van der Waals surface area (Å²) in [6, 6.07) is 1.65. The predicted molar refractivity (Wildman–Crippen MR) is 43.5 cm³/mol. The average Bonchev–Trinajstić information content (AvgIpc) is 2.11. The molecule has 0 saturated carbocycles. The van der Waals surface area contributed by atoms with Gasteiger partial charge in [0, 0.05) is 0 Å². The summed E-state index contributed by atoms with van der Waals surface area (Å²) < 4.78 is 37.5. The van der Waals surface area contributed by atoms with Gasteiger partial charge < -0.3 is 0 Å².